The molecule has 4 heteroatoms. The molecular formula is C8H13NO3. The Morgan fingerprint density at radius 2 is 2.08 bits per heavy atom. The summed E-state index contributed by atoms with van der Waals surface area (Å²) in [6.07, 6.45) is 2.39. The minimum absolute atomic E-state index is 0.326. The van der Waals surface area contributed by atoms with Gasteiger partial charge in [0.25, 0.3) is 0 Å². The Balaban J connectivity index is 4.42. The molecule has 0 saturated carbocycles. The quantitative estimate of drug-likeness (QED) is 0.490. The van der Waals surface area contributed by atoms with E-state index in [1.807, 2.05) is 6.92 Å². The van der Waals surface area contributed by atoms with Crippen molar-refractivity contribution in [2.45, 2.75) is 19.8 Å². The lowest BCUT2D eigenvalue weighted by molar-refractivity contribution is -0.136. The summed E-state index contributed by atoms with van der Waals surface area (Å²) in [6, 6.07) is 0. The molecule has 0 aromatic carbocycles. The van der Waals surface area contributed by atoms with Gasteiger partial charge in [0, 0.05) is 11.6 Å². The number of amides is 1. The van der Waals surface area contributed by atoms with Crippen LogP contribution in [0.3, 0.4) is 0 Å². The number of esters is 1. The zero-order chi connectivity index (χ0) is 9.56. The van der Waals surface area contributed by atoms with E-state index in [1.165, 1.54) is 7.11 Å². The predicted octanol–water partition coefficient (Wildman–Crippen LogP) is 0.371. The van der Waals surface area contributed by atoms with Crippen LogP contribution in [0.4, 0.5) is 0 Å². The summed E-state index contributed by atoms with van der Waals surface area (Å²) in [5.41, 5.74) is 5.22. The van der Waals surface area contributed by atoms with Gasteiger partial charge in [-0.3, -0.25) is 4.79 Å². The van der Waals surface area contributed by atoms with Crippen molar-refractivity contribution in [1.29, 1.82) is 0 Å². The zero-order valence-corrected chi connectivity index (χ0v) is 7.29. The number of primary amides is 1. The molecule has 1 amide bonds. The maximum absolute atomic E-state index is 10.9. The summed E-state index contributed by atoms with van der Waals surface area (Å²) < 4.78 is 4.45. The highest BCUT2D eigenvalue weighted by Crippen LogP contribution is 2.05. The minimum atomic E-state index is -0.621. The molecule has 0 atom stereocenters. The van der Waals surface area contributed by atoms with E-state index in [9.17, 15) is 9.59 Å². The van der Waals surface area contributed by atoms with Crippen LogP contribution in [0.5, 0.6) is 0 Å². The topological polar surface area (TPSA) is 69.4 Å². The van der Waals surface area contributed by atoms with Crippen molar-refractivity contribution in [2.24, 2.45) is 5.73 Å². The highest BCUT2D eigenvalue weighted by atomic mass is 16.5. The van der Waals surface area contributed by atoms with Crippen molar-refractivity contribution in [3.8, 4) is 0 Å². The summed E-state index contributed by atoms with van der Waals surface area (Å²) in [5.74, 6) is -1.11. The lowest BCUT2D eigenvalue weighted by atomic mass is 10.1. The normalized spacial score (nSPS) is 11.0. The molecule has 0 aromatic heterocycles. The van der Waals surface area contributed by atoms with Crippen LogP contribution >= 0.6 is 0 Å². The molecule has 0 heterocycles. The average molecular weight is 171 g/mol. The average Bonchev–Trinajstić information content (AvgIpc) is 2.01. The summed E-state index contributed by atoms with van der Waals surface area (Å²) in [6.45, 7) is 1.90. The SMILES string of the molecule is CCC/C(=C/C(N)=O)C(=O)OC. The van der Waals surface area contributed by atoms with Crippen molar-refractivity contribution < 1.29 is 14.3 Å². The molecule has 12 heavy (non-hydrogen) atoms. The van der Waals surface area contributed by atoms with Crippen LogP contribution in [0.15, 0.2) is 11.6 Å². The van der Waals surface area contributed by atoms with Gasteiger partial charge in [-0.25, -0.2) is 4.79 Å². The fourth-order valence-corrected chi connectivity index (χ4v) is 0.805. The van der Waals surface area contributed by atoms with Crippen LogP contribution in [0, 0.1) is 0 Å². The standard InChI is InChI=1S/C8H13NO3/c1-3-4-6(5-7(9)10)8(11)12-2/h5H,3-4H2,1-2H3,(H2,9,10)/b6-5-. The molecule has 0 unspecified atom stereocenters. The van der Waals surface area contributed by atoms with Crippen molar-refractivity contribution in [2.75, 3.05) is 7.11 Å². The third-order valence-electron chi connectivity index (χ3n) is 1.28. The summed E-state index contributed by atoms with van der Waals surface area (Å²) in [5, 5.41) is 0. The lowest BCUT2D eigenvalue weighted by Gasteiger charge is -2.01. The maximum Gasteiger partial charge on any atom is 0.333 e. The monoisotopic (exact) mass is 171 g/mol. The zero-order valence-electron chi connectivity index (χ0n) is 7.29. The number of carbonyl (C=O) groups excluding carboxylic acids is 2. The Kier molecular flexibility index (Phi) is 4.76. The van der Waals surface area contributed by atoms with Crippen molar-refractivity contribution in [1.82, 2.24) is 0 Å². The van der Waals surface area contributed by atoms with Crippen molar-refractivity contribution in [3.63, 3.8) is 0 Å². The molecule has 0 radical (unpaired) electrons. The third kappa shape index (κ3) is 3.75. The molecule has 68 valence electrons. The minimum Gasteiger partial charge on any atom is -0.466 e. The van der Waals surface area contributed by atoms with Gasteiger partial charge in [-0.05, 0) is 6.42 Å². The first-order valence-corrected chi connectivity index (χ1v) is 3.70. The summed E-state index contributed by atoms with van der Waals surface area (Å²) in [7, 11) is 1.27. The second-order valence-electron chi connectivity index (χ2n) is 2.31. The Morgan fingerprint density at radius 1 is 1.50 bits per heavy atom. The van der Waals surface area contributed by atoms with Crippen LogP contribution in [0.25, 0.3) is 0 Å². The van der Waals surface area contributed by atoms with Crippen LogP contribution < -0.4 is 5.73 Å². The van der Waals surface area contributed by atoms with E-state index in [2.05, 4.69) is 4.74 Å². The van der Waals surface area contributed by atoms with Gasteiger partial charge in [0.1, 0.15) is 0 Å². The number of nitrogens with two attached hydrogens (primary N) is 1. The summed E-state index contributed by atoms with van der Waals surface area (Å²) in [4.78, 5) is 21.4. The smallest absolute Gasteiger partial charge is 0.333 e. The Morgan fingerprint density at radius 3 is 2.42 bits per heavy atom. The van der Waals surface area contributed by atoms with Crippen LogP contribution in [-0.4, -0.2) is 19.0 Å². The van der Waals surface area contributed by atoms with Crippen molar-refractivity contribution >= 4 is 11.9 Å². The number of ether oxygens (including phenoxy) is 1. The fourth-order valence-electron chi connectivity index (χ4n) is 0.805. The van der Waals surface area contributed by atoms with Gasteiger partial charge in [-0.1, -0.05) is 13.3 Å². The van der Waals surface area contributed by atoms with Gasteiger partial charge in [0.05, 0.1) is 7.11 Å². The first-order valence-electron chi connectivity index (χ1n) is 3.70. The highest BCUT2D eigenvalue weighted by molar-refractivity contribution is 5.97. The van der Waals surface area contributed by atoms with Crippen LogP contribution in [0.2, 0.25) is 0 Å². The van der Waals surface area contributed by atoms with Gasteiger partial charge < -0.3 is 10.5 Å². The van der Waals surface area contributed by atoms with E-state index >= 15 is 0 Å². The third-order valence-corrected chi connectivity index (χ3v) is 1.28. The van der Waals surface area contributed by atoms with E-state index in [-0.39, 0.29) is 0 Å². The molecule has 4 nitrogen and oxygen atoms in total. The van der Waals surface area contributed by atoms with E-state index in [1.54, 1.807) is 0 Å². The molecule has 0 aromatic rings. The van der Waals surface area contributed by atoms with E-state index in [0.29, 0.717) is 12.0 Å². The molecule has 2 N–H and O–H groups in total. The number of hydrogen-bond acceptors (Lipinski definition) is 3. The molecule has 0 rings (SSSR count). The molecule has 0 saturated heterocycles. The van der Waals surface area contributed by atoms with Gasteiger partial charge in [-0.15, -0.1) is 0 Å². The largest absolute Gasteiger partial charge is 0.466 e. The lowest BCUT2D eigenvalue weighted by Crippen LogP contribution is -2.12. The first kappa shape index (κ1) is 10.7. The molecular weight excluding hydrogens is 158 g/mol. The second kappa shape index (κ2) is 5.35. The molecule has 0 aliphatic carbocycles. The Bertz CT molecular complexity index is 208. The molecule has 0 spiro atoms. The summed E-state index contributed by atoms with van der Waals surface area (Å²) >= 11 is 0. The predicted molar refractivity (Wildman–Crippen MR) is 44.2 cm³/mol. The highest BCUT2D eigenvalue weighted by Gasteiger charge is 2.08. The number of rotatable bonds is 4. The number of hydrogen-bond donors (Lipinski definition) is 1. The van der Waals surface area contributed by atoms with Gasteiger partial charge in [0.15, 0.2) is 0 Å². The molecule has 0 aliphatic heterocycles. The van der Waals surface area contributed by atoms with Gasteiger partial charge >= 0.3 is 5.97 Å². The second-order valence-corrected chi connectivity index (χ2v) is 2.31. The number of methoxy groups -OCH3 is 1. The Labute approximate surface area is 71.4 Å². The fraction of sp³-hybridized carbons (Fsp3) is 0.500. The van der Waals surface area contributed by atoms with Gasteiger partial charge in [-0.2, -0.15) is 0 Å². The molecule has 0 fully saturated rings. The van der Waals surface area contributed by atoms with Gasteiger partial charge in [0.2, 0.25) is 5.91 Å². The van der Waals surface area contributed by atoms with Crippen molar-refractivity contribution in [3.05, 3.63) is 11.6 Å². The van der Waals surface area contributed by atoms with Crippen LogP contribution in [0.1, 0.15) is 19.8 Å². The van der Waals surface area contributed by atoms with E-state index in [0.717, 1.165) is 12.5 Å². The van der Waals surface area contributed by atoms with E-state index < -0.39 is 11.9 Å². The molecule has 0 bridgehead atoms. The first-order chi connectivity index (χ1) is 5.61. The van der Waals surface area contributed by atoms with Crippen LogP contribution in [-0.2, 0) is 14.3 Å². The Hall–Kier alpha value is -1.32. The van der Waals surface area contributed by atoms with E-state index in [4.69, 9.17) is 5.73 Å². The molecule has 0 aliphatic rings. The number of carbonyl (C=O) groups is 2. The maximum atomic E-state index is 10.9.